The van der Waals surface area contributed by atoms with Gasteiger partial charge in [0.2, 0.25) is 0 Å². The quantitative estimate of drug-likeness (QED) is 0.335. The van der Waals surface area contributed by atoms with Crippen molar-refractivity contribution in [2.24, 2.45) is 0 Å². The first-order chi connectivity index (χ1) is 5.21. The van der Waals surface area contributed by atoms with Gasteiger partial charge in [0.15, 0.2) is 0 Å². The van der Waals surface area contributed by atoms with E-state index in [0.717, 1.165) is 0 Å². The zero-order chi connectivity index (χ0) is 9.83. The predicted octanol–water partition coefficient (Wildman–Crippen LogP) is -0.510. The van der Waals surface area contributed by atoms with Gasteiger partial charge in [-0.1, -0.05) is 0 Å². The first-order valence-electron chi connectivity index (χ1n) is 2.86. The van der Waals surface area contributed by atoms with Gasteiger partial charge >= 0.3 is 6.72 Å². The van der Waals surface area contributed by atoms with Crippen LogP contribution >= 0.6 is 6.72 Å². The van der Waals surface area contributed by atoms with Crippen molar-refractivity contribution >= 4 is 28.6 Å². The average Bonchev–Trinajstić information content (AvgIpc) is 1.76. The Hall–Kier alpha value is 0.440. The maximum Gasteiger partial charge on any atom is 0.321 e. The molecule has 0 heterocycles. The number of rotatable bonds is 5. The van der Waals surface area contributed by atoms with Gasteiger partial charge in [-0.25, -0.2) is 0 Å². The van der Waals surface area contributed by atoms with Crippen LogP contribution in [0.3, 0.4) is 0 Å². The Morgan fingerprint density at radius 1 is 1.42 bits per heavy atom. The summed E-state index contributed by atoms with van der Waals surface area (Å²) in [6.07, 6.45) is -0.0294. The lowest BCUT2D eigenvalue weighted by Gasteiger charge is -2.06. The van der Waals surface area contributed by atoms with Crippen LogP contribution in [0.1, 0.15) is 6.42 Å². The van der Waals surface area contributed by atoms with E-state index in [1.165, 1.54) is 0 Å². The third kappa shape index (κ3) is 10.4. The first kappa shape index (κ1) is 12.4. The van der Waals surface area contributed by atoms with Crippen molar-refractivity contribution < 1.29 is 27.3 Å². The molecular formula is C3H9O6PS2. The summed E-state index contributed by atoms with van der Waals surface area (Å²) in [7, 11) is -4.01. The molecule has 74 valence electrons. The molecule has 0 aromatic carbocycles. The van der Waals surface area contributed by atoms with Crippen LogP contribution in [0.25, 0.3) is 0 Å². The second-order valence-electron chi connectivity index (χ2n) is 1.96. The Morgan fingerprint density at radius 2 is 1.92 bits per heavy atom. The highest BCUT2D eigenvalue weighted by molar-refractivity contribution is 8.06. The summed E-state index contributed by atoms with van der Waals surface area (Å²) in [6, 6.07) is 0. The van der Waals surface area contributed by atoms with Crippen molar-refractivity contribution in [2.75, 3.05) is 12.4 Å². The van der Waals surface area contributed by atoms with E-state index in [1.807, 2.05) is 0 Å². The molecule has 0 unspecified atom stereocenters. The minimum absolute atomic E-state index is 0.0294. The lowest BCUT2D eigenvalue weighted by molar-refractivity contribution is 0.251. The van der Waals surface area contributed by atoms with Crippen LogP contribution in [0.4, 0.5) is 0 Å². The van der Waals surface area contributed by atoms with Crippen LogP contribution in [0.5, 0.6) is 0 Å². The number of hydrogen-bond donors (Lipinski definition) is 3. The van der Waals surface area contributed by atoms with E-state index < -0.39 is 22.6 Å². The van der Waals surface area contributed by atoms with Gasteiger partial charge in [-0.05, 0) is 18.2 Å². The molecule has 0 fully saturated rings. The van der Waals surface area contributed by atoms with Crippen LogP contribution < -0.4 is 0 Å². The second kappa shape index (κ2) is 4.61. The lowest BCUT2D eigenvalue weighted by Crippen LogP contribution is -2.06. The molecule has 0 aromatic rings. The van der Waals surface area contributed by atoms with E-state index in [4.69, 9.17) is 14.3 Å². The van der Waals surface area contributed by atoms with Gasteiger partial charge in [0, 0.05) is 0 Å². The SMILES string of the molecule is O=S(=O)(O)CCCOP(O)(O)=S. The zero-order valence-corrected chi connectivity index (χ0v) is 8.48. The molecule has 0 atom stereocenters. The Labute approximate surface area is 75.2 Å². The Morgan fingerprint density at radius 3 is 2.25 bits per heavy atom. The fourth-order valence-electron chi connectivity index (χ4n) is 0.425. The molecule has 9 heteroatoms. The summed E-state index contributed by atoms with van der Waals surface area (Å²) >= 11 is 4.08. The van der Waals surface area contributed by atoms with E-state index >= 15 is 0 Å². The van der Waals surface area contributed by atoms with Gasteiger partial charge in [-0.2, -0.15) is 8.42 Å². The van der Waals surface area contributed by atoms with Crippen LogP contribution in [-0.4, -0.2) is 35.1 Å². The summed E-state index contributed by atoms with van der Waals surface area (Å²) in [5, 5.41) is 0. The van der Waals surface area contributed by atoms with Crippen LogP contribution in [0.2, 0.25) is 0 Å². The molecule has 0 aliphatic rings. The van der Waals surface area contributed by atoms with E-state index in [2.05, 4.69) is 16.3 Å². The Kier molecular flexibility index (Phi) is 4.78. The normalized spacial score (nSPS) is 13.2. The lowest BCUT2D eigenvalue weighted by atomic mass is 10.5. The van der Waals surface area contributed by atoms with Crippen molar-refractivity contribution in [3.05, 3.63) is 0 Å². The molecule has 0 aliphatic carbocycles. The highest BCUT2D eigenvalue weighted by Gasteiger charge is 2.09. The fraction of sp³-hybridized carbons (Fsp3) is 1.00. The molecule has 0 rings (SSSR count). The van der Waals surface area contributed by atoms with Gasteiger partial charge in [0.05, 0.1) is 12.4 Å². The standard InChI is InChI=1S/C3H9O6PS2/c4-10(5,11)9-2-1-3-12(6,7)8/h1-3H2,(H2,4,5,11)(H,6,7,8). The average molecular weight is 236 g/mol. The van der Waals surface area contributed by atoms with E-state index in [9.17, 15) is 8.42 Å². The van der Waals surface area contributed by atoms with E-state index in [0.29, 0.717) is 0 Å². The molecule has 0 radical (unpaired) electrons. The van der Waals surface area contributed by atoms with Gasteiger partial charge in [0.25, 0.3) is 10.1 Å². The predicted molar refractivity (Wildman–Crippen MR) is 45.7 cm³/mol. The third-order valence-electron chi connectivity index (χ3n) is 0.806. The molecular weight excluding hydrogens is 227 g/mol. The summed E-state index contributed by atoms with van der Waals surface area (Å²) in [4.78, 5) is 17.0. The van der Waals surface area contributed by atoms with Crippen LogP contribution in [0, 0.1) is 0 Å². The van der Waals surface area contributed by atoms with Gasteiger partial charge in [0.1, 0.15) is 0 Å². The van der Waals surface area contributed by atoms with Crippen LogP contribution in [0.15, 0.2) is 0 Å². The number of hydrogen-bond acceptors (Lipinski definition) is 4. The second-order valence-corrected chi connectivity index (χ2v) is 6.20. The molecule has 0 aromatic heterocycles. The summed E-state index contributed by atoms with van der Waals surface area (Å²) in [5.74, 6) is -0.484. The summed E-state index contributed by atoms with van der Waals surface area (Å²) in [6.45, 7) is -3.90. The molecule has 3 N–H and O–H groups in total. The molecule has 12 heavy (non-hydrogen) atoms. The van der Waals surface area contributed by atoms with E-state index in [-0.39, 0.29) is 13.0 Å². The first-order valence-corrected chi connectivity index (χ1v) is 7.09. The molecule has 0 spiro atoms. The summed E-state index contributed by atoms with van der Waals surface area (Å²) in [5.41, 5.74) is 0. The van der Waals surface area contributed by atoms with Gasteiger partial charge in [-0.3, -0.25) is 4.55 Å². The van der Waals surface area contributed by atoms with Gasteiger partial charge < -0.3 is 14.3 Å². The third-order valence-corrected chi connectivity index (χ3v) is 2.45. The maximum absolute atomic E-state index is 10.1. The molecule has 0 saturated heterocycles. The molecule has 0 amide bonds. The van der Waals surface area contributed by atoms with Crippen molar-refractivity contribution in [1.29, 1.82) is 0 Å². The smallest absolute Gasteiger partial charge is 0.321 e. The van der Waals surface area contributed by atoms with Crippen molar-refractivity contribution in [1.82, 2.24) is 0 Å². The molecule has 0 aliphatic heterocycles. The van der Waals surface area contributed by atoms with Crippen LogP contribution in [-0.2, 0) is 26.4 Å². The highest BCUT2D eigenvalue weighted by Crippen LogP contribution is 2.36. The summed E-state index contributed by atoms with van der Waals surface area (Å²) < 4.78 is 32.7. The molecule has 0 bridgehead atoms. The largest absolute Gasteiger partial charge is 0.325 e. The fourth-order valence-corrected chi connectivity index (χ4v) is 1.50. The van der Waals surface area contributed by atoms with Crippen molar-refractivity contribution in [2.45, 2.75) is 6.42 Å². The maximum atomic E-state index is 10.1. The highest BCUT2D eigenvalue weighted by atomic mass is 32.5. The Balaban J connectivity index is 3.55. The zero-order valence-electron chi connectivity index (χ0n) is 5.95. The van der Waals surface area contributed by atoms with Gasteiger partial charge in [-0.15, -0.1) is 0 Å². The molecule has 0 saturated carbocycles. The van der Waals surface area contributed by atoms with Crippen molar-refractivity contribution in [3.63, 3.8) is 0 Å². The monoisotopic (exact) mass is 236 g/mol. The molecule has 6 nitrogen and oxygen atoms in total. The topological polar surface area (TPSA) is 104 Å². The van der Waals surface area contributed by atoms with E-state index in [1.54, 1.807) is 0 Å². The minimum Gasteiger partial charge on any atom is -0.325 e. The minimum atomic E-state index is -4.01. The Bertz CT molecular complexity index is 265. The van der Waals surface area contributed by atoms with Crippen molar-refractivity contribution in [3.8, 4) is 0 Å².